The molecule has 1 amide bonds. The average Bonchev–Trinajstić information content (AvgIpc) is 3.03. The number of rotatable bonds is 3. The zero-order valence-electron chi connectivity index (χ0n) is 14.3. The summed E-state index contributed by atoms with van der Waals surface area (Å²) in [6.45, 7) is 0. The maximum Gasteiger partial charge on any atom is 0.573 e. The summed E-state index contributed by atoms with van der Waals surface area (Å²) in [6.07, 6.45) is 3.50. The number of alkyl halides is 3. The summed E-state index contributed by atoms with van der Waals surface area (Å²) in [5.41, 5.74) is 3.03. The molecule has 2 fully saturated rings. The van der Waals surface area contributed by atoms with E-state index in [9.17, 15) is 18.0 Å². The third-order valence-electron chi connectivity index (χ3n) is 5.75. The smallest absolute Gasteiger partial charge is 0.406 e. The molecule has 0 aromatic rings. The van der Waals surface area contributed by atoms with E-state index in [1.54, 1.807) is 0 Å². The molecule has 4 atom stereocenters. The third kappa shape index (κ3) is 3.32. The van der Waals surface area contributed by atoms with Crippen molar-refractivity contribution in [2.45, 2.75) is 56.2 Å². The minimum atomic E-state index is -4.74. The van der Waals surface area contributed by atoms with E-state index < -0.39 is 18.3 Å². The summed E-state index contributed by atoms with van der Waals surface area (Å²) >= 11 is 0. The highest BCUT2D eigenvalue weighted by atomic mass is 19.4. The quantitative estimate of drug-likeness (QED) is 0.793. The number of fused-ring (bicyclic) bond motifs is 3. The summed E-state index contributed by atoms with van der Waals surface area (Å²) in [5.74, 6) is -0.939. The van der Waals surface area contributed by atoms with Gasteiger partial charge in [0.25, 0.3) is 5.91 Å². The Bertz CT molecular complexity index is 674. The minimum Gasteiger partial charge on any atom is -0.406 e. The lowest BCUT2D eigenvalue weighted by Crippen LogP contribution is -2.50. The van der Waals surface area contributed by atoms with Crippen LogP contribution >= 0.6 is 0 Å². The molecule has 0 aromatic heterocycles. The molecule has 6 nitrogen and oxygen atoms in total. The van der Waals surface area contributed by atoms with Crippen molar-refractivity contribution in [1.82, 2.24) is 15.6 Å². The number of amides is 1. The van der Waals surface area contributed by atoms with Gasteiger partial charge in [-0.1, -0.05) is 6.08 Å². The number of hydrogen-bond acceptors (Lipinski definition) is 5. The van der Waals surface area contributed by atoms with E-state index in [0.717, 1.165) is 25.7 Å². The van der Waals surface area contributed by atoms with Gasteiger partial charge < -0.3 is 20.4 Å². The van der Waals surface area contributed by atoms with Crippen molar-refractivity contribution in [3.63, 3.8) is 0 Å². The molecule has 0 saturated carbocycles. The van der Waals surface area contributed by atoms with Crippen molar-refractivity contribution >= 4 is 11.6 Å². The van der Waals surface area contributed by atoms with E-state index >= 15 is 0 Å². The van der Waals surface area contributed by atoms with E-state index in [-0.39, 0.29) is 17.7 Å². The molecule has 4 unspecified atom stereocenters. The van der Waals surface area contributed by atoms with Gasteiger partial charge >= 0.3 is 6.36 Å². The molecule has 2 bridgehead atoms. The lowest BCUT2D eigenvalue weighted by Gasteiger charge is -2.36. The number of nitrogens with zero attached hydrogens (tertiary/aromatic N) is 2. The first kappa shape index (κ1) is 17.4. The molecule has 0 aromatic carbocycles. The molecule has 4 aliphatic rings. The fourth-order valence-electron chi connectivity index (χ4n) is 4.44. The van der Waals surface area contributed by atoms with Crippen LogP contribution in [0.5, 0.6) is 0 Å². The first-order chi connectivity index (χ1) is 12.3. The highest BCUT2D eigenvalue weighted by molar-refractivity contribution is 6.40. The van der Waals surface area contributed by atoms with Crippen LogP contribution in [0.1, 0.15) is 25.7 Å². The molecule has 2 N–H and O–H groups in total. The molecule has 3 heterocycles. The van der Waals surface area contributed by atoms with Crippen molar-refractivity contribution in [1.29, 1.82) is 0 Å². The third-order valence-corrected chi connectivity index (χ3v) is 5.75. The van der Waals surface area contributed by atoms with Gasteiger partial charge in [-0.05, 0) is 44.9 Å². The van der Waals surface area contributed by atoms with Crippen molar-refractivity contribution in [2.75, 3.05) is 7.05 Å². The van der Waals surface area contributed by atoms with Gasteiger partial charge in [0.2, 0.25) is 0 Å². The Kier molecular flexibility index (Phi) is 4.21. The number of hydrazone groups is 1. The Morgan fingerprint density at radius 1 is 1.35 bits per heavy atom. The first-order valence-corrected chi connectivity index (χ1v) is 8.82. The Labute approximate surface area is 149 Å². The second kappa shape index (κ2) is 6.29. The predicted octanol–water partition coefficient (Wildman–Crippen LogP) is 1.66. The molecule has 26 heavy (non-hydrogen) atoms. The number of nitrogens with one attached hydrogen (secondary N) is 2. The van der Waals surface area contributed by atoms with Gasteiger partial charge in [-0.2, -0.15) is 5.10 Å². The number of allylic oxidation sites excluding steroid dienone is 1. The standard InChI is InChI=1S/C17H21F3N4O2/c1-24-10-2-3-11(24)7-9(6-10)21-16(25)15-13-5-4-12(26-17(18,19)20)8-14(13)22-23-15/h4-5,8-11,13-14,22H,2-3,6-7H2,1H3,(H,21,25). The van der Waals surface area contributed by atoms with Crippen LogP contribution in [-0.2, 0) is 9.53 Å². The number of halogens is 3. The highest BCUT2D eigenvalue weighted by Crippen LogP contribution is 2.34. The van der Waals surface area contributed by atoms with Gasteiger partial charge in [-0.3, -0.25) is 4.79 Å². The number of carbonyl (C=O) groups is 1. The summed E-state index contributed by atoms with van der Waals surface area (Å²) in [4.78, 5) is 15.0. The largest absolute Gasteiger partial charge is 0.573 e. The molecular formula is C17H21F3N4O2. The molecule has 4 rings (SSSR count). The van der Waals surface area contributed by atoms with Crippen LogP contribution in [0.25, 0.3) is 0 Å². The van der Waals surface area contributed by atoms with Crippen LogP contribution in [0.3, 0.4) is 0 Å². The molecule has 0 radical (unpaired) electrons. The summed E-state index contributed by atoms with van der Waals surface area (Å²) in [7, 11) is 2.13. The van der Waals surface area contributed by atoms with E-state index in [2.05, 4.69) is 32.5 Å². The van der Waals surface area contributed by atoms with Crippen LogP contribution in [0.15, 0.2) is 29.1 Å². The number of piperidine rings is 1. The topological polar surface area (TPSA) is 66.0 Å². The molecule has 142 valence electrons. The molecular weight excluding hydrogens is 349 g/mol. The second-order valence-corrected chi connectivity index (χ2v) is 7.35. The van der Waals surface area contributed by atoms with E-state index in [1.807, 2.05) is 0 Å². The van der Waals surface area contributed by atoms with E-state index in [0.29, 0.717) is 17.8 Å². The van der Waals surface area contributed by atoms with Gasteiger partial charge in [0.15, 0.2) is 0 Å². The zero-order valence-corrected chi connectivity index (χ0v) is 14.3. The summed E-state index contributed by atoms with van der Waals surface area (Å²) < 4.78 is 40.9. The monoisotopic (exact) mass is 370 g/mol. The Hall–Kier alpha value is -2.03. The molecule has 1 aliphatic carbocycles. The molecule has 2 saturated heterocycles. The lowest BCUT2D eigenvalue weighted by molar-refractivity contribution is -0.303. The minimum absolute atomic E-state index is 0.116. The van der Waals surface area contributed by atoms with Gasteiger partial charge in [0.1, 0.15) is 11.5 Å². The molecule has 9 heteroatoms. The van der Waals surface area contributed by atoms with Crippen molar-refractivity contribution in [3.05, 3.63) is 24.0 Å². The van der Waals surface area contributed by atoms with Gasteiger partial charge in [0, 0.05) is 18.1 Å². The maximum atomic E-state index is 12.6. The zero-order chi connectivity index (χ0) is 18.5. The van der Waals surface area contributed by atoms with Gasteiger partial charge in [-0.25, -0.2) is 0 Å². The van der Waals surface area contributed by atoms with Crippen LogP contribution in [0, 0.1) is 5.92 Å². The number of ether oxygens (including phenoxy) is 1. The first-order valence-electron chi connectivity index (χ1n) is 8.82. The Morgan fingerprint density at radius 2 is 2.04 bits per heavy atom. The number of hydrogen-bond donors (Lipinski definition) is 2. The maximum absolute atomic E-state index is 12.6. The van der Waals surface area contributed by atoms with E-state index in [1.165, 1.54) is 18.2 Å². The Morgan fingerprint density at radius 3 is 2.69 bits per heavy atom. The highest BCUT2D eigenvalue weighted by Gasteiger charge is 2.41. The number of carbonyl (C=O) groups excluding carboxylic acids is 1. The summed E-state index contributed by atoms with van der Waals surface area (Å²) in [6, 6.07) is 0.627. The SMILES string of the molecule is CN1C2CCC1CC(NC(=O)C1=NNC3C=C(OC(F)(F)F)C=CC13)C2. The van der Waals surface area contributed by atoms with Gasteiger partial charge in [-0.15, -0.1) is 13.2 Å². The van der Waals surface area contributed by atoms with E-state index in [4.69, 9.17) is 0 Å². The predicted molar refractivity (Wildman–Crippen MR) is 87.9 cm³/mol. The average molecular weight is 370 g/mol. The van der Waals surface area contributed by atoms with Crippen LogP contribution in [-0.4, -0.2) is 54.1 Å². The lowest BCUT2D eigenvalue weighted by atomic mass is 9.90. The second-order valence-electron chi connectivity index (χ2n) is 7.35. The molecule has 0 spiro atoms. The normalized spacial score (nSPS) is 36.1. The van der Waals surface area contributed by atoms with Crippen molar-refractivity contribution < 1.29 is 22.7 Å². The van der Waals surface area contributed by atoms with Crippen LogP contribution < -0.4 is 10.7 Å². The van der Waals surface area contributed by atoms with Gasteiger partial charge in [0.05, 0.1) is 12.0 Å². The fraction of sp³-hybridized carbons (Fsp3) is 0.647. The van der Waals surface area contributed by atoms with Crippen LogP contribution in [0.2, 0.25) is 0 Å². The fourth-order valence-corrected chi connectivity index (χ4v) is 4.44. The Balaban J connectivity index is 1.37. The summed E-state index contributed by atoms with van der Waals surface area (Å²) in [5, 5.41) is 7.12. The molecule has 3 aliphatic heterocycles. The van der Waals surface area contributed by atoms with Crippen molar-refractivity contribution in [3.8, 4) is 0 Å². The van der Waals surface area contributed by atoms with Crippen molar-refractivity contribution in [2.24, 2.45) is 11.0 Å². The van der Waals surface area contributed by atoms with Crippen LogP contribution in [0.4, 0.5) is 13.2 Å².